The molecule has 3 amide bonds. The van der Waals surface area contributed by atoms with Gasteiger partial charge in [0.2, 0.25) is 17.7 Å². The Hall–Kier alpha value is -1.88. The minimum Gasteiger partial charge on any atom is -0.396 e. The average molecular weight is 563 g/mol. The van der Waals surface area contributed by atoms with Gasteiger partial charge in [0, 0.05) is 64.2 Å². The molecule has 0 radical (unpaired) electrons. The second kappa shape index (κ2) is 13.2. The lowest BCUT2D eigenvalue weighted by atomic mass is 9.65. The van der Waals surface area contributed by atoms with Gasteiger partial charge in [0.1, 0.15) is 6.04 Å². The van der Waals surface area contributed by atoms with Crippen LogP contribution in [0.4, 0.5) is 0 Å². The Morgan fingerprint density at radius 3 is 2.41 bits per heavy atom. The molecule has 4 heterocycles. The Bertz CT molecular complexity index is 927. The standard InChI is InChI=1S/C29H46N4O5S/c1-5-9-31(10-6-2)26(35)23-22-20-21(4)29(39-22)24(23)27(36)33(12-8-17-34)25(29)28(37)32(11-7-3)14-13-30-15-18-38-19-16-30/h5,7,21-25,34H,1,3,6,8-20H2,2,4H3/t21?,22-,23+,24+,25?,29?/m1/s1. The lowest BCUT2D eigenvalue weighted by Crippen LogP contribution is -2.58. The number of aliphatic hydroxyl groups is 1. The van der Waals surface area contributed by atoms with E-state index in [1.54, 1.807) is 28.8 Å². The summed E-state index contributed by atoms with van der Waals surface area (Å²) in [6, 6.07) is -0.659. The Labute approximate surface area is 237 Å². The van der Waals surface area contributed by atoms with E-state index in [1.165, 1.54) is 0 Å². The van der Waals surface area contributed by atoms with E-state index >= 15 is 0 Å². The summed E-state index contributed by atoms with van der Waals surface area (Å²) in [4.78, 5) is 50.3. The highest BCUT2D eigenvalue weighted by molar-refractivity contribution is 8.02. The summed E-state index contributed by atoms with van der Waals surface area (Å²) in [5, 5.41) is 9.65. The first-order valence-electron chi connectivity index (χ1n) is 14.5. The van der Waals surface area contributed by atoms with Crippen molar-refractivity contribution < 1.29 is 24.2 Å². The minimum absolute atomic E-state index is 0.00634. The highest BCUT2D eigenvalue weighted by atomic mass is 32.2. The molecule has 2 bridgehead atoms. The van der Waals surface area contributed by atoms with Gasteiger partial charge in [0.05, 0.1) is 29.8 Å². The van der Waals surface area contributed by atoms with E-state index in [9.17, 15) is 19.5 Å². The zero-order chi connectivity index (χ0) is 28.2. The molecule has 4 fully saturated rings. The van der Waals surface area contributed by atoms with Gasteiger partial charge in [-0.1, -0.05) is 26.0 Å². The molecule has 3 unspecified atom stereocenters. The van der Waals surface area contributed by atoms with Crippen molar-refractivity contribution >= 4 is 29.5 Å². The van der Waals surface area contributed by atoms with Gasteiger partial charge < -0.3 is 24.5 Å². The van der Waals surface area contributed by atoms with Crippen LogP contribution in [0.3, 0.4) is 0 Å². The van der Waals surface area contributed by atoms with Crippen molar-refractivity contribution in [2.45, 2.75) is 49.1 Å². The topological polar surface area (TPSA) is 93.6 Å². The molecule has 0 aliphatic carbocycles. The van der Waals surface area contributed by atoms with Crippen molar-refractivity contribution in [1.82, 2.24) is 19.6 Å². The summed E-state index contributed by atoms with van der Waals surface area (Å²) in [7, 11) is 0. The van der Waals surface area contributed by atoms with Crippen LogP contribution in [0, 0.1) is 17.8 Å². The second-order valence-corrected chi connectivity index (χ2v) is 12.8. The first kappa shape index (κ1) is 30.1. The summed E-state index contributed by atoms with van der Waals surface area (Å²) >= 11 is 1.71. The molecule has 0 aromatic heterocycles. The normalized spacial score (nSPS) is 31.8. The predicted molar refractivity (Wildman–Crippen MR) is 153 cm³/mol. The number of hydrogen-bond donors (Lipinski definition) is 1. The number of fused-ring (bicyclic) bond motifs is 1. The molecule has 4 aliphatic rings. The zero-order valence-corrected chi connectivity index (χ0v) is 24.4. The van der Waals surface area contributed by atoms with Crippen LogP contribution in [-0.2, 0) is 19.1 Å². The number of nitrogens with zero attached hydrogens (tertiary/aromatic N) is 4. The number of ether oxygens (including phenoxy) is 1. The van der Waals surface area contributed by atoms with Gasteiger partial charge in [-0.05, 0) is 25.2 Å². The van der Waals surface area contributed by atoms with Gasteiger partial charge in [0.25, 0.3) is 0 Å². The summed E-state index contributed by atoms with van der Waals surface area (Å²) in [5.41, 5.74) is 0. The second-order valence-electron chi connectivity index (χ2n) is 11.3. The Morgan fingerprint density at radius 2 is 1.79 bits per heavy atom. The monoisotopic (exact) mass is 562 g/mol. The van der Waals surface area contributed by atoms with E-state index in [4.69, 9.17) is 4.74 Å². The Balaban J connectivity index is 1.66. The van der Waals surface area contributed by atoms with Crippen LogP contribution in [0.2, 0.25) is 0 Å². The third-order valence-corrected chi connectivity index (χ3v) is 11.0. The first-order chi connectivity index (χ1) is 18.8. The zero-order valence-electron chi connectivity index (χ0n) is 23.6. The Kier molecular flexibility index (Phi) is 10.2. The molecule has 1 spiro atoms. The van der Waals surface area contributed by atoms with E-state index in [0.717, 1.165) is 32.5 Å². The molecule has 9 nitrogen and oxygen atoms in total. The van der Waals surface area contributed by atoms with Crippen molar-refractivity contribution in [3.8, 4) is 0 Å². The van der Waals surface area contributed by atoms with Crippen LogP contribution in [0.25, 0.3) is 0 Å². The number of rotatable bonds is 14. The van der Waals surface area contributed by atoms with E-state index in [-0.39, 0.29) is 35.5 Å². The molecule has 4 aliphatic heterocycles. The van der Waals surface area contributed by atoms with E-state index in [2.05, 4.69) is 25.0 Å². The van der Waals surface area contributed by atoms with Crippen molar-refractivity contribution in [2.75, 3.05) is 72.2 Å². The van der Waals surface area contributed by atoms with E-state index < -0.39 is 22.6 Å². The molecule has 6 atom stereocenters. The molecule has 0 aromatic rings. The lowest BCUT2D eigenvalue weighted by molar-refractivity contribution is -0.145. The van der Waals surface area contributed by atoms with Crippen molar-refractivity contribution in [1.29, 1.82) is 0 Å². The molecule has 4 rings (SSSR count). The number of amides is 3. The van der Waals surface area contributed by atoms with Gasteiger partial charge in [-0.25, -0.2) is 0 Å². The smallest absolute Gasteiger partial charge is 0.247 e. The summed E-state index contributed by atoms with van der Waals surface area (Å²) < 4.78 is 4.82. The van der Waals surface area contributed by atoms with Crippen LogP contribution < -0.4 is 0 Å². The van der Waals surface area contributed by atoms with Crippen LogP contribution in [-0.4, -0.2) is 131 Å². The maximum Gasteiger partial charge on any atom is 0.247 e. The van der Waals surface area contributed by atoms with Crippen molar-refractivity contribution in [3.63, 3.8) is 0 Å². The number of carbonyl (C=O) groups excluding carboxylic acids is 3. The first-order valence-corrected chi connectivity index (χ1v) is 15.4. The number of aliphatic hydroxyl groups excluding tert-OH is 1. The number of carbonyl (C=O) groups is 3. The quantitative estimate of drug-likeness (QED) is 0.321. The molecular weight excluding hydrogens is 516 g/mol. The third kappa shape index (κ3) is 5.54. The molecule has 39 heavy (non-hydrogen) atoms. The third-order valence-electron chi connectivity index (χ3n) is 8.93. The van der Waals surface area contributed by atoms with E-state index in [1.807, 2.05) is 16.7 Å². The molecule has 0 saturated carbocycles. The van der Waals surface area contributed by atoms with Crippen molar-refractivity contribution in [2.24, 2.45) is 17.8 Å². The van der Waals surface area contributed by atoms with Crippen LogP contribution in [0.15, 0.2) is 25.3 Å². The summed E-state index contributed by atoms with van der Waals surface area (Å²) in [5.74, 6) is -1.04. The van der Waals surface area contributed by atoms with E-state index in [0.29, 0.717) is 52.4 Å². The van der Waals surface area contributed by atoms with Crippen LogP contribution in [0.1, 0.15) is 33.1 Å². The van der Waals surface area contributed by atoms with Gasteiger partial charge in [-0.2, -0.15) is 0 Å². The fraction of sp³-hybridized carbons (Fsp3) is 0.759. The SMILES string of the molecule is C=CCN(CCN1CCOCC1)C(=O)C1N(CCCO)C(=O)[C@@H]2[C@@H](C(=O)N(CC=C)CCC)[C@H]3CC(C)C12S3. The van der Waals surface area contributed by atoms with Gasteiger partial charge in [-0.3, -0.25) is 19.3 Å². The van der Waals surface area contributed by atoms with Gasteiger partial charge >= 0.3 is 0 Å². The summed E-state index contributed by atoms with van der Waals surface area (Å²) in [6.45, 7) is 18.0. The number of likely N-dealkylation sites (tertiary alicyclic amines) is 1. The maximum absolute atomic E-state index is 14.5. The average Bonchev–Trinajstić information content (AvgIpc) is 3.53. The highest BCUT2D eigenvalue weighted by Crippen LogP contribution is 2.68. The fourth-order valence-electron chi connectivity index (χ4n) is 7.20. The highest BCUT2D eigenvalue weighted by Gasteiger charge is 2.76. The van der Waals surface area contributed by atoms with Crippen LogP contribution >= 0.6 is 11.8 Å². The van der Waals surface area contributed by atoms with Gasteiger partial charge in [0.15, 0.2) is 0 Å². The molecule has 1 N–H and O–H groups in total. The predicted octanol–water partition coefficient (Wildman–Crippen LogP) is 1.48. The maximum atomic E-state index is 14.5. The van der Waals surface area contributed by atoms with Gasteiger partial charge in [-0.15, -0.1) is 24.9 Å². The molecule has 218 valence electrons. The fourth-order valence-corrected chi connectivity index (χ4v) is 9.61. The molecule has 0 aromatic carbocycles. The number of morpholine rings is 1. The van der Waals surface area contributed by atoms with Crippen LogP contribution in [0.5, 0.6) is 0 Å². The minimum atomic E-state index is -0.659. The number of thioether (sulfide) groups is 1. The molecular formula is C29H46N4O5S. The lowest BCUT2D eigenvalue weighted by Gasteiger charge is -2.41. The Morgan fingerprint density at radius 1 is 1.13 bits per heavy atom. The largest absolute Gasteiger partial charge is 0.396 e. The molecule has 10 heteroatoms. The van der Waals surface area contributed by atoms with Crippen molar-refractivity contribution in [3.05, 3.63) is 25.3 Å². The molecule has 4 saturated heterocycles. The summed E-state index contributed by atoms with van der Waals surface area (Å²) in [6.07, 6.45) is 5.52. The number of hydrogen-bond acceptors (Lipinski definition) is 7.